The Bertz CT molecular complexity index is 411. The molecule has 8 heteroatoms. The van der Waals surface area contributed by atoms with E-state index in [9.17, 15) is 13.2 Å². The number of alkyl halides is 3. The summed E-state index contributed by atoms with van der Waals surface area (Å²) in [4.78, 5) is 9.73. The van der Waals surface area contributed by atoms with Gasteiger partial charge in [-0.15, -0.1) is 0 Å². The number of aromatic nitrogens is 2. The zero-order chi connectivity index (χ0) is 14.5. The fourth-order valence-corrected chi connectivity index (χ4v) is 1.41. The number of halogens is 3. The maximum Gasteiger partial charge on any atom is 0.390 e. The lowest BCUT2D eigenvalue weighted by Gasteiger charge is -2.20. The van der Waals surface area contributed by atoms with E-state index in [1.807, 2.05) is 0 Å². The Hall–Kier alpha value is -1.57. The highest BCUT2D eigenvalue weighted by Gasteiger charge is 2.27. The summed E-state index contributed by atoms with van der Waals surface area (Å²) in [5.74, 6) is 1.38. The van der Waals surface area contributed by atoms with Crippen molar-refractivity contribution < 1.29 is 17.9 Å². The highest BCUT2D eigenvalue weighted by molar-refractivity contribution is 5.48. The van der Waals surface area contributed by atoms with Gasteiger partial charge in [-0.05, 0) is 0 Å². The molecule has 5 nitrogen and oxygen atoms in total. The second-order valence-corrected chi connectivity index (χ2v) is 4.00. The van der Waals surface area contributed by atoms with Crippen LogP contribution in [0.25, 0.3) is 0 Å². The van der Waals surface area contributed by atoms with Crippen LogP contribution in [0.3, 0.4) is 0 Å². The van der Waals surface area contributed by atoms with Crippen molar-refractivity contribution in [2.45, 2.75) is 19.2 Å². The van der Waals surface area contributed by atoms with E-state index in [-0.39, 0.29) is 13.2 Å². The molecule has 0 saturated heterocycles. The van der Waals surface area contributed by atoms with Gasteiger partial charge < -0.3 is 15.0 Å². The molecule has 1 aromatic heterocycles. The third-order valence-electron chi connectivity index (χ3n) is 2.41. The molecule has 0 aromatic carbocycles. The number of anilines is 2. The third-order valence-corrected chi connectivity index (χ3v) is 2.41. The van der Waals surface area contributed by atoms with Gasteiger partial charge in [0.1, 0.15) is 18.2 Å². The smallest absolute Gasteiger partial charge is 0.377 e. The lowest BCUT2D eigenvalue weighted by Crippen LogP contribution is -2.25. The molecule has 0 spiro atoms. The topological polar surface area (TPSA) is 50.3 Å². The van der Waals surface area contributed by atoms with Gasteiger partial charge >= 0.3 is 6.18 Å². The first-order chi connectivity index (χ1) is 8.85. The first kappa shape index (κ1) is 15.5. The third kappa shape index (κ3) is 5.29. The molecule has 0 atom stereocenters. The largest absolute Gasteiger partial charge is 0.390 e. The normalized spacial score (nSPS) is 11.5. The van der Waals surface area contributed by atoms with Crippen molar-refractivity contribution in [2.75, 3.05) is 38.0 Å². The van der Waals surface area contributed by atoms with Crippen LogP contribution >= 0.6 is 0 Å². The Morgan fingerprint density at radius 2 is 2.05 bits per heavy atom. The predicted molar refractivity (Wildman–Crippen MR) is 66.2 cm³/mol. The maximum atomic E-state index is 12.2. The molecule has 1 rings (SSSR count). The standard InChI is InChI=1S/C11H17F3N4O/c1-15-8-6-10(17-9(16-8)7-19-3)18(2)5-4-11(12,13)14/h6H,4-5,7H2,1-3H3,(H,15,16,17). The molecule has 0 bridgehead atoms. The predicted octanol–water partition coefficient (Wildman–Crippen LogP) is 2.05. The number of ether oxygens (including phenoxy) is 1. The lowest BCUT2D eigenvalue weighted by molar-refractivity contribution is -0.132. The van der Waals surface area contributed by atoms with Crippen LogP contribution in [0, 0.1) is 0 Å². The summed E-state index contributed by atoms with van der Waals surface area (Å²) in [6, 6.07) is 1.59. The zero-order valence-corrected chi connectivity index (χ0v) is 11.1. The minimum Gasteiger partial charge on any atom is -0.377 e. The van der Waals surface area contributed by atoms with Crippen molar-refractivity contribution in [3.05, 3.63) is 11.9 Å². The fraction of sp³-hybridized carbons (Fsp3) is 0.636. The minimum atomic E-state index is -4.18. The van der Waals surface area contributed by atoms with Crippen LogP contribution in [0.15, 0.2) is 6.07 Å². The second kappa shape index (κ2) is 6.55. The lowest BCUT2D eigenvalue weighted by atomic mass is 10.3. The van der Waals surface area contributed by atoms with Gasteiger partial charge in [0.05, 0.1) is 6.42 Å². The number of nitrogens with one attached hydrogen (secondary N) is 1. The summed E-state index contributed by atoms with van der Waals surface area (Å²) in [6.45, 7) is 0.0473. The van der Waals surface area contributed by atoms with Crippen molar-refractivity contribution in [1.29, 1.82) is 0 Å². The van der Waals surface area contributed by atoms with E-state index in [0.29, 0.717) is 17.5 Å². The summed E-state index contributed by atoms with van der Waals surface area (Å²) in [5.41, 5.74) is 0. The summed E-state index contributed by atoms with van der Waals surface area (Å²) in [7, 11) is 4.74. The van der Waals surface area contributed by atoms with Crippen molar-refractivity contribution >= 4 is 11.6 Å². The molecule has 1 heterocycles. The highest BCUT2D eigenvalue weighted by atomic mass is 19.4. The first-order valence-electron chi connectivity index (χ1n) is 5.68. The zero-order valence-electron chi connectivity index (χ0n) is 11.1. The summed E-state index contributed by atoms with van der Waals surface area (Å²) < 4.78 is 41.5. The van der Waals surface area contributed by atoms with Gasteiger partial charge in [-0.25, -0.2) is 9.97 Å². The van der Waals surface area contributed by atoms with E-state index >= 15 is 0 Å². The van der Waals surface area contributed by atoms with Crippen molar-refractivity contribution in [1.82, 2.24) is 9.97 Å². The average molecular weight is 278 g/mol. The first-order valence-corrected chi connectivity index (χ1v) is 5.68. The van der Waals surface area contributed by atoms with Crippen LogP contribution in [0.2, 0.25) is 0 Å². The quantitative estimate of drug-likeness (QED) is 0.863. The molecule has 0 fully saturated rings. The number of hydrogen-bond donors (Lipinski definition) is 1. The Morgan fingerprint density at radius 3 is 2.58 bits per heavy atom. The molecule has 1 aromatic rings. The van der Waals surface area contributed by atoms with Crippen LogP contribution in [0.5, 0.6) is 0 Å². The molecule has 1 N–H and O–H groups in total. The molecule has 108 valence electrons. The molecule has 19 heavy (non-hydrogen) atoms. The van der Waals surface area contributed by atoms with Gasteiger partial charge in [0.15, 0.2) is 5.82 Å². The van der Waals surface area contributed by atoms with Gasteiger partial charge in [-0.1, -0.05) is 0 Å². The average Bonchev–Trinajstić information content (AvgIpc) is 2.35. The van der Waals surface area contributed by atoms with E-state index < -0.39 is 12.6 Å². The van der Waals surface area contributed by atoms with Crippen molar-refractivity contribution in [3.63, 3.8) is 0 Å². The molecule has 0 radical (unpaired) electrons. The van der Waals surface area contributed by atoms with Gasteiger partial charge in [0.25, 0.3) is 0 Å². The highest BCUT2D eigenvalue weighted by Crippen LogP contribution is 2.22. The van der Waals surface area contributed by atoms with E-state index in [2.05, 4.69) is 15.3 Å². The van der Waals surface area contributed by atoms with E-state index in [0.717, 1.165) is 0 Å². The number of rotatable bonds is 6. The molecule has 0 aliphatic carbocycles. The van der Waals surface area contributed by atoms with E-state index in [4.69, 9.17) is 4.74 Å². The van der Waals surface area contributed by atoms with Gasteiger partial charge in [-0.2, -0.15) is 13.2 Å². The van der Waals surface area contributed by atoms with Crippen LogP contribution in [0.4, 0.5) is 24.8 Å². The van der Waals surface area contributed by atoms with Gasteiger partial charge in [0.2, 0.25) is 0 Å². The van der Waals surface area contributed by atoms with Crippen molar-refractivity contribution in [2.24, 2.45) is 0 Å². The second-order valence-electron chi connectivity index (χ2n) is 4.00. The van der Waals surface area contributed by atoms with Crippen LogP contribution in [0.1, 0.15) is 12.2 Å². The fourth-order valence-electron chi connectivity index (χ4n) is 1.41. The Labute approximate surface area is 109 Å². The van der Waals surface area contributed by atoms with Crippen LogP contribution < -0.4 is 10.2 Å². The molecule has 0 amide bonds. The molecular weight excluding hydrogens is 261 g/mol. The number of methoxy groups -OCH3 is 1. The van der Waals surface area contributed by atoms with Gasteiger partial charge in [-0.3, -0.25) is 0 Å². The summed E-state index contributed by atoms with van der Waals surface area (Å²) in [6.07, 6.45) is -5.06. The monoisotopic (exact) mass is 278 g/mol. The Morgan fingerprint density at radius 1 is 1.37 bits per heavy atom. The molecule has 0 aliphatic heterocycles. The molecule has 0 saturated carbocycles. The number of hydrogen-bond acceptors (Lipinski definition) is 5. The molecular formula is C11H17F3N4O. The summed E-state index contributed by atoms with van der Waals surface area (Å²) >= 11 is 0. The van der Waals surface area contributed by atoms with E-state index in [1.54, 1.807) is 20.2 Å². The van der Waals surface area contributed by atoms with E-state index in [1.165, 1.54) is 12.0 Å². The SMILES string of the molecule is CNc1cc(N(C)CCC(F)(F)F)nc(COC)n1. The minimum absolute atomic E-state index is 0.157. The van der Waals surface area contributed by atoms with Crippen LogP contribution in [-0.4, -0.2) is 43.9 Å². The summed E-state index contributed by atoms with van der Waals surface area (Å²) in [5, 5.41) is 2.84. The molecule has 0 aliphatic rings. The molecule has 0 unspecified atom stereocenters. The van der Waals surface area contributed by atoms with Crippen molar-refractivity contribution in [3.8, 4) is 0 Å². The van der Waals surface area contributed by atoms with Gasteiger partial charge in [0, 0.05) is 33.8 Å². The Balaban J connectivity index is 2.82. The maximum absolute atomic E-state index is 12.2. The number of nitrogens with zero attached hydrogens (tertiary/aromatic N) is 3. The van der Waals surface area contributed by atoms with Crippen LogP contribution in [-0.2, 0) is 11.3 Å². The Kier molecular flexibility index (Phi) is 5.34.